The Hall–Kier alpha value is -2.82. The van der Waals surface area contributed by atoms with Crippen LogP contribution in [0.15, 0.2) is 48.5 Å². The number of anilines is 2. The molecule has 0 saturated carbocycles. The lowest BCUT2D eigenvalue weighted by Gasteiger charge is -2.19. The van der Waals surface area contributed by atoms with Crippen LogP contribution in [0.3, 0.4) is 0 Å². The van der Waals surface area contributed by atoms with E-state index in [-0.39, 0.29) is 11.8 Å². The second-order valence-electron chi connectivity index (χ2n) is 5.95. The third-order valence-corrected chi connectivity index (χ3v) is 3.90. The molecule has 0 aliphatic rings. The Labute approximate surface area is 148 Å². The molecule has 1 N–H and O–H groups in total. The highest BCUT2D eigenvalue weighted by Gasteiger charge is 2.19. The maximum Gasteiger partial charge on any atom is 0.265 e. The monoisotopic (exact) mass is 340 g/mol. The zero-order valence-electron chi connectivity index (χ0n) is 15.1. The van der Waals surface area contributed by atoms with E-state index in [4.69, 9.17) is 4.74 Å². The van der Waals surface area contributed by atoms with Crippen molar-refractivity contribution in [2.45, 2.75) is 33.3 Å². The summed E-state index contributed by atoms with van der Waals surface area (Å²) in [6, 6.07) is 14.8. The van der Waals surface area contributed by atoms with Gasteiger partial charge in [0.25, 0.3) is 5.91 Å². The number of rotatable bonds is 6. The quantitative estimate of drug-likeness (QED) is 0.871. The summed E-state index contributed by atoms with van der Waals surface area (Å²) in [7, 11) is 1.69. The number of hydrogen-bond donors (Lipinski definition) is 1. The third kappa shape index (κ3) is 5.08. The van der Waals surface area contributed by atoms with E-state index < -0.39 is 6.10 Å². The summed E-state index contributed by atoms with van der Waals surface area (Å²) in [6.45, 7) is 5.37. The molecule has 2 aromatic carbocycles. The van der Waals surface area contributed by atoms with Crippen LogP contribution >= 0.6 is 0 Å². The summed E-state index contributed by atoms with van der Waals surface area (Å²) in [4.78, 5) is 25.5. The molecule has 132 valence electrons. The molecule has 0 fully saturated rings. The molecular formula is C20H24N2O3. The molecule has 0 aliphatic heterocycles. The van der Waals surface area contributed by atoms with Gasteiger partial charge in [-0.1, -0.05) is 25.1 Å². The van der Waals surface area contributed by atoms with Crippen molar-refractivity contribution < 1.29 is 14.3 Å². The summed E-state index contributed by atoms with van der Waals surface area (Å²) < 4.78 is 5.82. The van der Waals surface area contributed by atoms with Crippen molar-refractivity contribution >= 4 is 23.2 Å². The second-order valence-corrected chi connectivity index (χ2v) is 5.95. The number of nitrogens with zero attached hydrogens (tertiary/aromatic N) is 1. The molecule has 5 heteroatoms. The van der Waals surface area contributed by atoms with Gasteiger partial charge < -0.3 is 15.0 Å². The average molecular weight is 340 g/mol. The van der Waals surface area contributed by atoms with Crippen molar-refractivity contribution in [2.24, 2.45) is 0 Å². The molecule has 0 aliphatic carbocycles. The second kappa shape index (κ2) is 8.33. The Bertz CT molecular complexity index is 758. The Kier molecular flexibility index (Phi) is 6.17. The molecule has 0 heterocycles. The van der Waals surface area contributed by atoms with Crippen LogP contribution in [0.1, 0.15) is 25.8 Å². The van der Waals surface area contributed by atoms with Crippen LogP contribution in [0.5, 0.6) is 5.75 Å². The molecule has 2 rings (SSSR count). The van der Waals surface area contributed by atoms with Gasteiger partial charge in [0.05, 0.1) is 0 Å². The highest BCUT2D eigenvalue weighted by molar-refractivity contribution is 5.96. The number of amides is 2. The SMILES string of the molecule is CCC(Oc1cccc(C)c1)C(=O)Nc1cccc(N(C)C(C)=O)c1. The van der Waals surface area contributed by atoms with Gasteiger partial charge in [0.2, 0.25) is 5.91 Å². The van der Waals surface area contributed by atoms with Crippen molar-refractivity contribution in [1.29, 1.82) is 0 Å². The number of hydrogen-bond acceptors (Lipinski definition) is 3. The summed E-state index contributed by atoms with van der Waals surface area (Å²) in [6.07, 6.45) is -0.0386. The Morgan fingerprint density at radius 3 is 2.52 bits per heavy atom. The number of carbonyl (C=O) groups excluding carboxylic acids is 2. The minimum Gasteiger partial charge on any atom is -0.481 e. The molecule has 0 aromatic heterocycles. The van der Waals surface area contributed by atoms with E-state index >= 15 is 0 Å². The molecule has 1 unspecified atom stereocenters. The van der Waals surface area contributed by atoms with Crippen LogP contribution in [0.4, 0.5) is 11.4 Å². The van der Waals surface area contributed by atoms with Gasteiger partial charge in [-0.05, 0) is 49.2 Å². The lowest BCUT2D eigenvalue weighted by Crippen LogP contribution is -2.32. The van der Waals surface area contributed by atoms with Gasteiger partial charge in [0.1, 0.15) is 5.75 Å². The predicted octanol–water partition coefficient (Wildman–Crippen LogP) is 3.77. The van der Waals surface area contributed by atoms with Gasteiger partial charge >= 0.3 is 0 Å². The van der Waals surface area contributed by atoms with E-state index in [0.717, 1.165) is 11.3 Å². The third-order valence-electron chi connectivity index (χ3n) is 3.90. The first-order chi connectivity index (χ1) is 11.9. The van der Waals surface area contributed by atoms with Crippen LogP contribution in [0.25, 0.3) is 0 Å². The van der Waals surface area contributed by atoms with Crippen molar-refractivity contribution in [2.75, 3.05) is 17.3 Å². The molecule has 0 bridgehead atoms. The van der Waals surface area contributed by atoms with Crippen molar-refractivity contribution in [3.8, 4) is 5.75 Å². The molecule has 0 radical (unpaired) electrons. The topological polar surface area (TPSA) is 58.6 Å². The summed E-state index contributed by atoms with van der Waals surface area (Å²) in [5, 5.41) is 2.86. The van der Waals surface area contributed by atoms with Crippen LogP contribution in [0, 0.1) is 6.92 Å². The first-order valence-electron chi connectivity index (χ1n) is 8.29. The van der Waals surface area contributed by atoms with Crippen LogP contribution < -0.4 is 15.0 Å². The predicted molar refractivity (Wildman–Crippen MR) is 100 cm³/mol. The van der Waals surface area contributed by atoms with Gasteiger partial charge in [-0.3, -0.25) is 9.59 Å². The molecule has 5 nitrogen and oxygen atoms in total. The summed E-state index contributed by atoms with van der Waals surface area (Å²) in [5.41, 5.74) is 2.42. The Morgan fingerprint density at radius 1 is 1.16 bits per heavy atom. The Balaban J connectivity index is 2.09. The summed E-state index contributed by atoms with van der Waals surface area (Å²) in [5.74, 6) is 0.386. The van der Waals surface area contributed by atoms with E-state index in [2.05, 4.69) is 5.32 Å². The standard InChI is InChI=1S/C20H24N2O3/c1-5-19(25-18-11-6-8-14(2)12-18)20(24)21-16-9-7-10-17(13-16)22(4)15(3)23/h6-13,19H,5H2,1-4H3,(H,21,24). The van der Waals surface area contributed by atoms with Crippen LogP contribution in [-0.2, 0) is 9.59 Å². The molecule has 2 amide bonds. The number of aryl methyl sites for hydroxylation is 1. The van der Waals surface area contributed by atoms with E-state index in [1.165, 1.54) is 11.8 Å². The zero-order valence-corrected chi connectivity index (χ0v) is 15.1. The molecule has 1 atom stereocenters. The molecule has 25 heavy (non-hydrogen) atoms. The fourth-order valence-electron chi connectivity index (χ4n) is 2.37. The Morgan fingerprint density at radius 2 is 1.88 bits per heavy atom. The smallest absolute Gasteiger partial charge is 0.265 e. The number of ether oxygens (including phenoxy) is 1. The maximum atomic E-state index is 12.5. The fraction of sp³-hybridized carbons (Fsp3) is 0.300. The summed E-state index contributed by atoms with van der Waals surface area (Å²) >= 11 is 0. The normalized spacial score (nSPS) is 11.5. The molecule has 0 spiro atoms. The van der Waals surface area contributed by atoms with Crippen molar-refractivity contribution in [1.82, 2.24) is 0 Å². The van der Waals surface area contributed by atoms with E-state index in [1.807, 2.05) is 44.2 Å². The largest absolute Gasteiger partial charge is 0.481 e. The molecule has 0 saturated heterocycles. The zero-order chi connectivity index (χ0) is 18.4. The molecular weight excluding hydrogens is 316 g/mol. The number of carbonyl (C=O) groups is 2. The van der Waals surface area contributed by atoms with Crippen molar-refractivity contribution in [3.05, 3.63) is 54.1 Å². The number of nitrogens with one attached hydrogen (secondary N) is 1. The first kappa shape index (κ1) is 18.5. The lowest BCUT2D eigenvalue weighted by atomic mass is 10.2. The fourth-order valence-corrected chi connectivity index (χ4v) is 2.37. The van der Waals surface area contributed by atoms with Gasteiger partial charge in [-0.2, -0.15) is 0 Å². The minimum absolute atomic E-state index is 0.0716. The lowest BCUT2D eigenvalue weighted by molar-refractivity contribution is -0.122. The van der Waals surface area contributed by atoms with Gasteiger partial charge in [0.15, 0.2) is 6.10 Å². The van der Waals surface area contributed by atoms with Gasteiger partial charge in [-0.15, -0.1) is 0 Å². The van der Waals surface area contributed by atoms with E-state index in [9.17, 15) is 9.59 Å². The van der Waals surface area contributed by atoms with E-state index in [1.54, 1.807) is 25.2 Å². The van der Waals surface area contributed by atoms with Crippen LogP contribution in [-0.4, -0.2) is 25.0 Å². The van der Waals surface area contributed by atoms with E-state index in [0.29, 0.717) is 17.9 Å². The van der Waals surface area contributed by atoms with Gasteiger partial charge in [0, 0.05) is 25.3 Å². The minimum atomic E-state index is -0.587. The highest BCUT2D eigenvalue weighted by Crippen LogP contribution is 2.20. The average Bonchev–Trinajstić information content (AvgIpc) is 2.59. The maximum absolute atomic E-state index is 12.5. The number of benzene rings is 2. The first-order valence-corrected chi connectivity index (χ1v) is 8.29. The van der Waals surface area contributed by atoms with Gasteiger partial charge in [-0.25, -0.2) is 0 Å². The van der Waals surface area contributed by atoms with Crippen molar-refractivity contribution in [3.63, 3.8) is 0 Å². The highest BCUT2D eigenvalue weighted by atomic mass is 16.5. The molecule has 2 aromatic rings. The van der Waals surface area contributed by atoms with Crippen LogP contribution in [0.2, 0.25) is 0 Å².